The van der Waals surface area contributed by atoms with Crippen molar-refractivity contribution in [2.75, 3.05) is 7.11 Å². The summed E-state index contributed by atoms with van der Waals surface area (Å²) in [5.74, 6) is -0.155. The van der Waals surface area contributed by atoms with Crippen LogP contribution in [0.1, 0.15) is 59.0 Å². The number of carbonyl (C=O) groups excluding carboxylic acids is 2. The van der Waals surface area contributed by atoms with Gasteiger partial charge >= 0.3 is 5.97 Å². The Morgan fingerprint density at radius 2 is 2.08 bits per heavy atom. The Bertz CT molecular complexity index is 686. The van der Waals surface area contributed by atoms with Crippen molar-refractivity contribution in [2.45, 2.75) is 44.7 Å². The fourth-order valence-corrected chi connectivity index (χ4v) is 3.03. The molecule has 0 spiro atoms. The minimum Gasteiger partial charge on any atom is -0.464 e. The number of furan rings is 1. The first-order chi connectivity index (χ1) is 11.7. The van der Waals surface area contributed by atoms with Crippen LogP contribution in [0.15, 0.2) is 33.5 Å². The summed E-state index contributed by atoms with van der Waals surface area (Å²) in [6.45, 7) is 0.196. The zero-order valence-corrected chi connectivity index (χ0v) is 13.6. The Hall–Kier alpha value is -2.57. The van der Waals surface area contributed by atoms with Crippen molar-refractivity contribution in [3.63, 3.8) is 0 Å². The van der Waals surface area contributed by atoms with Crippen molar-refractivity contribution < 1.29 is 23.2 Å². The molecule has 0 unspecified atom stereocenters. The predicted octanol–water partition coefficient (Wildman–Crippen LogP) is 3.03. The zero-order chi connectivity index (χ0) is 16.9. The molecule has 24 heavy (non-hydrogen) atoms. The number of rotatable bonds is 5. The standard InChI is InChI=1S/C17H20N2O5/c1-22-17(21)13-11-24-15(18-13)10-19(12-6-3-2-4-7-12)16(20)14-8-5-9-23-14/h5,8-9,11-12H,2-4,6-7,10H2,1H3. The third-order valence-corrected chi connectivity index (χ3v) is 4.26. The number of carbonyl (C=O) groups is 2. The topological polar surface area (TPSA) is 85.8 Å². The van der Waals surface area contributed by atoms with Crippen molar-refractivity contribution in [3.05, 3.63) is 42.0 Å². The lowest BCUT2D eigenvalue weighted by molar-refractivity contribution is 0.0559. The predicted molar refractivity (Wildman–Crippen MR) is 83.3 cm³/mol. The Kier molecular flexibility index (Phi) is 4.98. The van der Waals surface area contributed by atoms with Gasteiger partial charge in [0.25, 0.3) is 5.91 Å². The fraction of sp³-hybridized carbons (Fsp3) is 0.471. The second-order valence-corrected chi connectivity index (χ2v) is 5.82. The fourth-order valence-electron chi connectivity index (χ4n) is 3.03. The van der Waals surface area contributed by atoms with E-state index in [-0.39, 0.29) is 24.2 Å². The third kappa shape index (κ3) is 3.50. The van der Waals surface area contributed by atoms with Gasteiger partial charge in [0.2, 0.25) is 5.89 Å². The van der Waals surface area contributed by atoms with Crippen LogP contribution in [-0.2, 0) is 11.3 Å². The molecule has 7 heteroatoms. The van der Waals surface area contributed by atoms with Crippen LogP contribution in [0.5, 0.6) is 0 Å². The van der Waals surface area contributed by atoms with Crippen LogP contribution in [-0.4, -0.2) is 34.9 Å². The van der Waals surface area contributed by atoms with Crippen LogP contribution < -0.4 is 0 Å². The van der Waals surface area contributed by atoms with Gasteiger partial charge in [0.15, 0.2) is 11.5 Å². The van der Waals surface area contributed by atoms with Gasteiger partial charge in [-0.1, -0.05) is 19.3 Å². The normalized spacial score (nSPS) is 15.2. The van der Waals surface area contributed by atoms with Gasteiger partial charge in [-0.05, 0) is 25.0 Å². The molecule has 0 aliphatic heterocycles. The minimum absolute atomic E-state index is 0.0986. The summed E-state index contributed by atoms with van der Waals surface area (Å²) in [6, 6.07) is 3.45. The van der Waals surface area contributed by atoms with E-state index >= 15 is 0 Å². The number of nitrogens with zero attached hydrogens (tertiary/aromatic N) is 2. The monoisotopic (exact) mass is 332 g/mol. The SMILES string of the molecule is COC(=O)c1coc(CN(C(=O)c2ccco2)C2CCCCC2)n1. The first-order valence-corrected chi connectivity index (χ1v) is 8.06. The lowest BCUT2D eigenvalue weighted by atomic mass is 9.94. The van der Waals surface area contributed by atoms with Crippen LogP contribution in [0.4, 0.5) is 0 Å². The first kappa shape index (κ1) is 16.3. The Morgan fingerprint density at radius 1 is 1.29 bits per heavy atom. The molecule has 3 rings (SSSR count). The van der Waals surface area contributed by atoms with Crippen LogP contribution >= 0.6 is 0 Å². The van der Waals surface area contributed by atoms with Crippen LogP contribution in [0.2, 0.25) is 0 Å². The van der Waals surface area contributed by atoms with E-state index < -0.39 is 5.97 Å². The second-order valence-electron chi connectivity index (χ2n) is 5.82. The number of hydrogen-bond acceptors (Lipinski definition) is 6. The summed E-state index contributed by atoms with van der Waals surface area (Å²) in [6.07, 6.45) is 7.97. The third-order valence-electron chi connectivity index (χ3n) is 4.26. The largest absolute Gasteiger partial charge is 0.464 e. The number of oxazole rings is 1. The second kappa shape index (κ2) is 7.33. The molecular weight excluding hydrogens is 312 g/mol. The molecule has 128 valence electrons. The van der Waals surface area contributed by atoms with Crippen molar-refractivity contribution in [2.24, 2.45) is 0 Å². The van der Waals surface area contributed by atoms with Crippen LogP contribution in [0.25, 0.3) is 0 Å². The lowest BCUT2D eigenvalue weighted by Gasteiger charge is -2.33. The molecule has 2 aromatic rings. The Balaban J connectivity index is 1.80. The minimum atomic E-state index is -0.563. The first-order valence-electron chi connectivity index (χ1n) is 8.06. The maximum Gasteiger partial charge on any atom is 0.360 e. The maximum atomic E-state index is 12.8. The van der Waals surface area contributed by atoms with Crippen molar-refractivity contribution >= 4 is 11.9 Å². The number of aromatic nitrogens is 1. The number of esters is 1. The van der Waals surface area contributed by atoms with Crippen LogP contribution in [0.3, 0.4) is 0 Å². The molecule has 0 radical (unpaired) electrons. The average molecular weight is 332 g/mol. The van der Waals surface area contributed by atoms with E-state index in [4.69, 9.17) is 8.83 Å². The highest BCUT2D eigenvalue weighted by Gasteiger charge is 2.29. The van der Waals surface area contributed by atoms with Crippen molar-refractivity contribution in [3.8, 4) is 0 Å². The van der Waals surface area contributed by atoms with Gasteiger partial charge in [0, 0.05) is 6.04 Å². The Morgan fingerprint density at radius 3 is 2.75 bits per heavy atom. The van der Waals surface area contributed by atoms with E-state index in [1.54, 1.807) is 17.0 Å². The quantitative estimate of drug-likeness (QED) is 0.782. The lowest BCUT2D eigenvalue weighted by Crippen LogP contribution is -2.41. The number of methoxy groups -OCH3 is 1. The molecule has 1 aliphatic carbocycles. The summed E-state index contributed by atoms with van der Waals surface area (Å²) in [5.41, 5.74) is 0.0986. The average Bonchev–Trinajstić information content (AvgIpc) is 3.31. The molecule has 1 aliphatic rings. The van der Waals surface area contributed by atoms with E-state index in [1.807, 2.05) is 0 Å². The molecule has 2 heterocycles. The van der Waals surface area contributed by atoms with Gasteiger partial charge in [-0.15, -0.1) is 0 Å². The summed E-state index contributed by atoms with van der Waals surface area (Å²) in [5, 5.41) is 0. The Labute approximate surface area is 139 Å². The van der Waals surface area contributed by atoms with Crippen molar-refractivity contribution in [1.29, 1.82) is 0 Å². The van der Waals surface area contributed by atoms with Crippen molar-refractivity contribution in [1.82, 2.24) is 9.88 Å². The maximum absolute atomic E-state index is 12.8. The highest BCUT2D eigenvalue weighted by Crippen LogP contribution is 2.25. The van der Waals surface area contributed by atoms with Gasteiger partial charge in [-0.2, -0.15) is 0 Å². The molecule has 1 saturated carbocycles. The summed E-state index contributed by atoms with van der Waals surface area (Å²) in [7, 11) is 1.28. The van der Waals surface area contributed by atoms with Gasteiger partial charge in [0.1, 0.15) is 6.26 Å². The van der Waals surface area contributed by atoms with Gasteiger partial charge in [-0.25, -0.2) is 9.78 Å². The smallest absolute Gasteiger partial charge is 0.360 e. The molecule has 0 atom stereocenters. The zero-order valence-electron chi connectivity index (χ0n) is 13.6. The summed E-state index contributed by atoms with van der Waals surface area (Å²) < 4.78 is 15.2. The molecule has 7 nitrogen and oxygen atoms in total. The summed E-state index contributed by atoms with van der Waals surface area (Å²) in [4.78, 5) is 30.1. The highest BCUT2D eigenvalue weighted by molar-refractivity contribution is 5.91. The molecule has 0 saturated heterocycles. The van der Waals surface area contributed by atoms with E-state index in [0.717, 1.165) is 25.7 Å². The summed E-state index contributed by atoms with van der Waals surface area (Å²) >= 11 is 0. The number of hydrogen-bond donors (Lipinski definition) is 0. The van der Waals surface area contributed by atoms with Gasteiger partial charge < -0.3 is 18.5 Å². The molecule has 1 fully saturated rings. The van der Waals surface area contributed by atoms with E-state index in [9.17, 15) is 9.59 Å². The number of ether oxygens (including phenoxy) is 1. The van der Waals surface area contributed by atoms with E-state index in [1.165, 1.54) is 26.1 Å². The molecule has 0 N–H and O–H groups in total. The van der Waals surface area contributed by atoms with Gasteiger partial charge in [0.05, 0.1) is 19.9 Å². The molecule has 1 amide bonds. The van der Waals surface area contributed by atoms with Crippen LogP contribution in [0, 0.1) is 0 Å². The molecule has 0 bridgehead atoms. The van der Waals surface area contributed by atoms with E-state index in [0.29, 0.717) is 11.7 Å². The number of amides is 1. The van der Waals surface area contributed by atoms with E-state index in [2.05, 4.69) is 9.72 Å². The van der Waals surface area contributed by atoms with Gasteiger partial charge in [-0.3, -0.25) is 4.79 Å². The molecule has 0 aromatic carbocycles. The highest BCUT2D eigenvalue weighted by atomic mass is 16.5. The molecular formula is C17H20N2O5. The molecule has 2 aromatic heterocycles.